The lowest BCUT2D eigenvalue weighted by Gasteiger charge is -2.32. The van der Waals surface area contributed by atoms with Crippen molar-refractivity contribution < 1.29 is 14.4 Å². The molecule has 1 unspecified atom stereocenters. The molecule has 18 heavy (non-hydrogen) atoms. The molecule has 2 rings (SSSR count). The van der Waals surface area contributed by atoms with Gasteiger partial charge in [-0.1, -0.05) is 0 Å². The fourth-order valence-electron chi connectivity index (χ4n) is 2.39. The van der Waals surface area contributed by atoms with Crippen LogP contribution in [0, 0.1) is 0 Å². The highest BCUT2D eigenvalue weighted by molar-refractivity contribution is 6.01. The summed E-state index contributed by atoms with van der Waals surface area (Å²) in [5.74, 6) is -0.486. The zero-order chi connectivity index (χ0) is 13.1. The Balaban J connectivity index is 1.90. The maximum atomic E-state index is 12.0. The maximum Gasteiger partial charge on any atom is 0.318 e. The molecule has 0 bridgehead atoms. The van der Waals surface area contributed by atoms with Crippen LogP contribution >= 0.6 is 0 Å². The highest BCUT2D eigenvalue weighted by Crippen LogP contribution is 2.13. The van der Waals surface area contributed by atoms with Crippen LogP contribution in [-0.4, -0.2) is 53.8 Å². The smallest absolute Gasteiger partial charge is 0.318 e. The van der Waals surface area contributed by atoms with E-state index in [2.05, 4.69) is 5.32 Å². The summed E-state index contributed by atoms with van der Waals surface area (Å²) in [6.45, 7) is 1.50. The van der Waals surface area contributed by atoms with Crippen LogP contribution in [0.15, 0.2) is 0 Å². The van der Waals surface area contributed by atoms with E-state index in [0.29, 0.717) is 12.8 Å². The second-order valence-electron chi connectivity index (χ2n) is 4.88. The Hall–Kier alpha value is -1.59. The van der Waals surface area contributed by atoms with Crippen molar-refractivity contribution in [1.29, 1.82) is 0 Å². The topological polar surface area (TPSA) is 69.7 Å². The Kier molecular flexibility index (Phi) is 3.84. The average molecular weight is 253 g/mol. The number of hydrogen-bond acceptors (Lipinski definition) is 3. The molecule has 2 fully saturated rings. The SMILES string of the molecule is CN1C(=O)CCC(NC(=O)N2CCCCC2)C1=O. The number of nitrogens with one attached hydrogen (secondary N) is 1. The Morgan fingerprint density at radius 1 is 1.22 bits per heavy atom. The van der Waals surface area contributed by atoms with Crippen molar-refractivity contribution in [2.75, 3.05) is 20.1 Å². The van der Waals surface area contributed by atoms with E-state index in [1.54, 1.807) is 4.90 Å². The highest BCUT2D eigenvalue weighted by atomic mass is 16.2. The van der Waals surface area contributed by atoms with E-state index in [-0.39, 0.29) is 17.8 Å². The summed E-state index contributed by atoms with van der Waals surface area (Å²) in [4.78, 5) is 37.9. The van der Waals surface area contributed by atoms with Crippen LogP contribution in [0.4, 0.5) is 4.79 Å². The van der Waals surface area contributed by atoms with Crippen LogP contribution in [0.1, 0.15) is 32.1 Å². The molecule has 0 radical (unpaired) electrons. The van der Waals surface area contributed by atoms with Gasteiger partial charge in [0.25, 0.3) is 5.91 Å². The molecule has 1 N–H and O–H groups in total. The molecular weight excluding hydrogens is 234 g/mol. The Bertz CT molecular complexity index is 364. The fourth-order valence-corrected chi connectivity index (χ4v) is 2.39. The molecule has 2 aliphatic heterocycles. The standard InChI is InChI=1S/C12H19N3O3/c1-14-10(16)6-5-9(11(14)17)13-12(18)15-7-3-2-4-8-15/h9H,2-8H2,1H3,(H,13,18). The fraction of sp³-hybridized carbons (Fsp3) is 0.750. The molecule has 0 aromatic carbocycles. The quantitative estimate of drug-likeness (QED) is 0.685. The Morgan fingerprint density at radius 2 is 1.89 bits per heavy atom. The largest absolute Gasteiger partial charge is 0.326 e. The zero-order valence-electron chi connectivity index (χ0n) is 10.6. The van der Waals surface area contributed by atoms with E-state index < -0.39 is 6.04 Å². The number of rotatable bonds is 1. The number of imide groups is 1. The number of nitrogens with zero attached hydrogens (tertiary/aromatic N) is 2. The molecule has 2 saturated heterocycles. The van der Waals surface area contributed by atoms with E-state index in [9.17, 15) is 14.4 Å². The lowest BCUT2D eigenvalue weighted by molar-refractivity contribution is -0.147. The predicted octanol–water partition coefficient (Wildman–Crippen LogP) is 0.329. The number of urea groups is 1. The summed E-state index contributed by atoms with van der Waals surface area (Å²) in [5, 5.41) is 2.73. The van der Waals surface area contributed by atoms with Gasteiger partial charge in [-0.2, -0.15) is 0 Å². The summed E-state index contributed by atoms with van der Waals surface area (Å²) in [5.41, 5.74) is 0. The van der Waals surface area contributed by atoms with Crippen LogP contribution in [-0.2, 0) is 9.59 Å². The first-order valence-corrected chi connectivity index (χ1v) is 6.45. The molecule has 6 nitrogen and oxygen atoms in total. The van der Waals surface area contributed by atoms with Gasteiger partial charge in [-0.3, -0.25) is 14.5 Å². The highest BCUT2D eigenvalue weighted by Gasteiger charge is 2.33. The molecule has 4 amide bonds. The van der Waals surface area contributed by atoms with Crippen molar-refractivity contribution in [3.8, 4) is 0 Å². The zero-order valence-corrected chi connectivity index (χ0v) is 10.6. The minimum absolute atomic E-state index is 0.177. The van der Waals surface area contributed by atoms with Gasteiger partial charge in [0, 0.05) is 26.6 Å². The number of carbonyl (C=O) groups is 3. The van der Waals surface area contributed by atoms with E-state index in [0.717, 1.165) is 37.3 Å². The third kappa shape index (κ3) is 2.63. The summed E-state index contributed by atoms with van der Waals surface area (Å²) in [6, 6.07) is -0.738. The molecule has 1 atom stereocenters. The van der Waals surface area contributed by atoms with Gasteiger partial charge in [0.1, 0.15) is 6.04 Å². The van der Waals surface area contributed by atoms with Crippen molar-refractivity contribution in [1.82, 2.24) is 15.1 Å². The normalized spacial score (nSPS) is 25.3. The number of likely N-dealkylation sites (tertiary alicyclic amines) is 2. The van der Waals surface area contributed by atoms with Crippen LogP contribution < -0.4 is 5.32 Å². The third-order valence-corrected chi connectivity index (χ3v) is 3.59. The van der Waals surface area contributed by atoms with E-state index >= 15 is 0 Å². The first kappa shape index (κ1) is 12.9. The minimum Gasteiger partial charge on any atom is -0.326 e. The van der Waals surface area contributed by atoms with Crippen LogP contribution in [0.5, 0.6) is 0 Å². The number of carbonyl (C=O) groups excluding carboxylic acids is 3. The summed E-state index contributed by atoms with van der Waals surface area (Å²) >= 11 is 0. The van der Waals surface area contributed by atoms with Crippen molar-refractivity contribution in [2.45, 2.75) is 38.1 Å². The van der Waals surface area contributed by atoms with Crippen LogP contribution in [0.3, 0.4) is 0 Å². The molecule has 0 aromatic rings. The molecule has 2 heterocycles. The van der Waals surface area contributed by atoms with Gasteiger partial charge in [0.2, 0.25) is 5.91 Å². The van der Waals surface area contributed by atoms with Gasteiger partial charge < -0.3 is 10.2 Å². The minimum atomic E-state index is -0.554. The molecule has 0 aliphatic carbocycles. The third-order valence-electron chi connectivity index (χ3n) is 3.59. The number of amides is 4. The van der Waals surface area contributed by atoms with Gasteiger partial charge in [0.15, 0.2) is 0 Å². The molecule has 100 valence electrons. The van der Waals surface area contributed by atoms with Gasteiger partial charge in [0.05, 0.1) is 0 Å². The van der Waals surface area contributed by atoms with Crippen molar-refractivity contribution in [3.63, 3.8) is 0 Å². The molecule has 0 saturated carbocycles. The van der Waals surface area contributed by atoms with Crippen molar-refractivity contribution >= 4 is 17.8 Å². The molecule has 0 spiro atoms. The van der Waals surface area contributed by atoms with Gasteiger partial charge >= 0.3 is 6.03 Å². The first-order chi connectivity index (χ1) is 8.59. The van der Waals surface area contributed by atoms with Crippen LogP contribution in [0.25, 0.3) is 0 Å². The molecular formula is C12H19N3O3. The monoisotopic (exact) mass is 253 g/mol. The van der Waals surface area contributed by atoms with Crippen molar-refractivity contribution in [3.05, 3.63) is 0 Å². The molecule has 2 aliphatic rings. The predicted molar refractivity (Wildman–Crippen MR) is 64.8 cm³/mol. The molecule has 0 aromatic heterocycles. The van der Waals surface area contributed by atoms with Crippen LogP contribution in [0.2, 0.25) is 0 Å². The molecule has 6 heteroatoms. The average Bonchev–Trinajstić information content (AvgIpc) is 2.40. The second kappa shape index (κ2) is 5.37. The number of hydrogen-bond donors (Lipinski definition) is 1. The van der Waals surface area contributed by atoms with Gasteiger partial charge in [-0.15, -0.1) is 0 Å². The lowest BCUT2D eigenvalue weighted by Crippen LogP contribution is -2.56. The number of piperidine rings is 2. The summed E-state index contributed by atoms with van der Waals surface area (Å²) in [6.07, 6.45) is 3.91. The Labute approximate surface area is 106 Å². The van der Waals surface area contributed by atoms with E-state index in [1.165, 1.54) is 7.05 Å². The first-order valence-electron chi connectivity index (χ1n) is 6.45. The summed E-state index contributed by atoms with van der Waals surface area (Å²) < 4.78 is 0. The summed E-state index contributed by atoms with van der Waals surface area (Å²) in [7, 11) is 1.46. The maximum absolute atomic E-state index is 12.0. The number of likely N-dealkylation sites (N-methyl/N-ethyl adjacent to an activating group) is 1. The second-order valence-corrected chi connectivity index (χ2v) is 4.88. The van der Waals surface area contributed by atoms with Gasteiger partial charge in [-0.25, -0.2) is 4.79 Å². The van der Waals surface area contributed by atoms with E-state index in [1.807, 2.05) is 0 Å². The lowest BCUT2D eigenvalue weighted by atomic mass is 10.0. The van der Waals surface area contributed by atoms with Crippen molar-refractivity contribution in [2.24, 2.45) is 0 Å². The van der Waals surface area contributed by atoms with Gasteiger partial charge in [-0.05, 0) is 25.7 Å². The van der Waals surface area contributed by atoms with E-state index in [4.69, 9.17) is 0 Å². The Morgan fingerprint density at radius 3 is 2.56 bits per heavy atom.